The molecule has 3 saturated carbocycles. The molecule has 23 nitrogen and oxygen atoms in total. The molecule has 0 unspecified atom stereocenters. The van der Waals surface area contributed by atoms with Crippen LogP contribution in [0.1, 0.15) is 242 Å². The second kappa shape index (κ2) is 50.7. The van der Waals surface area contributed by atoms with E-state index in [-0.39, 0.29) is 73.7 Å². The van der Waals surface area contributed by atoms with Gasteiger partial charge >= 0.3 is 142 Å². The van der Waals surface area contributed by atoms with Gasteiger partial charge in [-0.1, -0.05) is 135 Å². The average Bonchev–Trinajstić information content (AvgIpc) is 1.61. The molecule has 128 heavy (non-hydrogen) atoms. The Morgan fingerprint density at radius 3 is 1.10 bits per heavy atom. The number of carbonyl (C=O) groups is 5. The third kappa shape index (κ3) is 31.4. The molecule has 3 aromatic carbocycles. The second-order valence-electron chi connectivity index (χ2n) is 34.0. The predicted molar refractivity (Wildman–Crippen MR) is 581 cm³/mol. The molecule has 696 valence electrons. The van der Waals surface area contributed by atoms with Gasteiger partial charge in [-0.15, -0.1) is 0 Å². The zero-order chi connectivity index (χ0) is 90.7. The van der Waals surface area contributed by atoms with E-state index in [1.54, 1.807) is 28.4 Å². The van der Waals surface area contributed by atoms with E-state index in [0.29, 0.717) is 128 Å². The Morgan fingerprint density at radius 2 is 0.797 bits per heavy atom. The summed E-state index contributed by atoms with van der Waals surface area (Å²) < 4.78 is 10.9. The summed E-state index contributed by atoms with van der Waals surface area (Å²) in [6, 6.07) is 36.3. The number of halogens is 13. The van der Waals surface area contributed by atoms with E-state index in [4.69, 9.17) is 98.7 Å². The fraction of sp³-hybridized carbons (Fsp3) is 0.457. The van der Waals surface area contributed by atoms with Gasteiger partial charge in [0.05, 0.1) is 66.5 Å². The van der Waals surface area contributed by atoms with E-state index in [1.165, 1.54) is 11.9 Å². The van der Waals surface area contributed by atoms with E-state index in [1.807, 2.05) is 127 Å². The smallest absolute Gasteiger partial charge is 0.228 e. The van der Waals surface area contributed by atoms with E-state index in [9.17, 15) is 24.0 Å². The minimum Gasteiger partial charge on any atom is -0.369 e. The first-order chi connectivity index (χ1) is 60.1. The third-order valence-electron chi connectivity index (χ3n) is 23.0. The number of nitrogens with one attached hydrogen (secondary N) is 1. The van der Waals surface area contributed by atoms with Gasteiger partial charge in [-0.25, -0.2) is 39.5 Å². The molecule has 15 rings (SSSR count). The first-order valence-corrected chi connectivity index (χ1v) is 93.5. The number of likely N-dealkylation sites (tertiary alicyclic amines) is 2. The van der Waals surface area contributed by atoms with Crippen molar-refractivity contribution in [1.82, 2.24) is 60.0 Å². The number of ether oxygens (including phenoxy) is 2. The zero-order valence-electron chi connectivity index (χ0n) is 71.0. The normalized spacial score (nSPS) is 16.4. The van der Waals surface area contributed by atoms with Crippen LogP contribution in [0, 0.1) is 0 Å². The Hall–Kier alpha value is -3.21. The Kier molecular flexibility index (Phi) is 43.0. The van der Waals surface area contributed by atoms with Gasteiger partial charge in [-0.05, 0) is 251 Å². The number of rotatable bonds is 25. The number of nitrogens with two attached hydrogens (primary N) is 4. The topological polar surface area (TPSA) is 342 Å². The van der Waals surface area contributed by atoms with Crippen molar-refractivity contribution in [3.63, 3.8) is 0 Å². The molecule has 3 aliphatic heterocycles. The number of nitrogens with zero attached hydrogens (tertiary/aromatic N) is 11. The maximum atomic E-state index is 12.4. The number of carbonyl (C=O) groups excluding carboxylic acids is 5. The summed E-state index contributed by atoms with van der Waals surface area (Å²) >= 11 is 39.4. The summed E-state index contributed by atoms with van der Waals surface area (Å²) in [5.41, 5.74) is 35.1. The summed E-state index contributed by atoms with van der Waals surface area (Å²) in [6.45, 7) is 16.2. The number of hydrogen-bond acceptors (Lipinski definition) is 18. The van der Waals surface area contributed by atoms with Crippen molar-refractivity contribution in [1.29, 1.82) is 0 Å². The number of pyridine rings is 3. The first kappa shape index (κ1) is 108. The van der Waals surface area contributed by atoms with Gasteiger partial charge in [0, 0.05) is 98.6 Å². The first-order valence-electron chi connectivity index (χ1n) is 41.7. The molecule has 9 aromatic rings. The SMILES string of the molecule is C.C.CC(C)(C)OC(=O)N1CCC(c2ccc(Cc3ncc(Cl)c(CCc4ccccc4C4(C(N)=O)CC4)n3)cn2)CC1.CC(C)(C)OC(=O)N1CCC(c2ccc(N)cn2)CC1.I[I-]I(I)I(I)I(I)I.NC(=O)C1(c2ccccc2CCc2nc(Cc3ccc(C4CCNCC4)nc3)ncc2Cl)CC1.NC(=O)C1(c2ccccc2CCc2nc(Cl)ncc2Cl)CC1. The van der Waals surface area contributed by atoms with Crippen LogP contribution in [0.5, 0.6) is 0 Å². The quantitative estimate of drug-likeness (QED) is 0.0262. The molecule has 0 bridgehead atoms. The number of aromatic nitrogens is 9. The Labute approximate surface area is 842 Å². The Morgan fingerprint density at radius 1 is 0.461 bits per heavy atom. The van der Waals surface area contributed by atoms with Crippen LogP contribution in [0.15, 0.2) is 146 Å². The van der Waals surface area contributed by atoms with Crippen LogP contribution < -0.4 is 41.5 Å². The molecule has 0 radical (unpaired) electrons. The molecule has 0 spiro atoms. The number of primary amides is 3. The zero-order valence-corrected chi connectivity index (χ0v) is 93.4. The van der Waals surface area contributed by atoms with Gasteiger partial charge in [0.2, 0.25) is 23.0 Å². The molecular formula is C92H114Cl4I9N16O7-. The van der Waals surface area contributed by atoms with Gasteiger partial charge in [0.15, 0.2) is 0 Å². The molecule has 0 atom stereocenters. The average molecular weight is 2840 g/mol. The maximum Gasteiger partial charge on any atom is 0.228 e. The van der Waals surface area contributed by atoms with Crippen molar-refractivity contribution in [3.8, 4) is 0 Å². The standard InChI is InChI=1S/C32H38ClN5O3.C27H30ClN5O.C16H15Cl2N3O.C15H23N3O2.2CH4.I9/c1-31(2,3)41-30(40)38-16-12-23(13-17-38)26-10-8-21(19-35-26)18-28-36-20-25(33)27(37-28)11-9-22-6-4-5-7-24(22)32(14-15-32)29(34)39;28-22-17-32-25(15-18-5-7-23(31-16-18)20-9-13-30-14-10-20)33-24(22)8-6-19-3-1-2-4-21(19)27(11-12-27)26(29)34;17-12-9-20-15(18)21-13(12)6-5-10-3-1-2-4-11(10)16(7-8-16)14(19)22;1-15(2,3)20-14(19)18-8-6-11(7-9-18)13-5-4-12(16)10-17-13;;;1-6-8(4)9(5)7(2)3/h4-8,10,19-20,23H,9,11-18H2,1-3H3,(H2,34,39);1-5,7,16-17,20,30H,6,8-15H2,(H2,29,34);1-4,9H,5-8H2,(H2,19,22);4-5,10-11H,6-9,16H2,1-3H3;2*1H4;/q;;;;;;-1. The van der Waals surface area contributed by atoms with Gasteiger partial charge in [0.25, 0.3) is 0 Å². The molecule has 36 heteroatoms. The fourth-order valence-corrected chi connectivity index (χ4v) is 645. The van der Waals surface area contributed by atoms with Crippen molar-refractivity contribution in [2.24, 2.45) is 17.2 Å². The fourth-order valence-electron chi connectivity index (χ4n) is 15.8. The van der Waals surface area contributed by atoms with Crippen LogP contribution >= 0.6 is 163 Å². The predicted octanol–water partition coefficient (Wildman–Crippen LogP) is 20.6. The third-order valence-corrected chi connectivity index (χ3v) is 437. The number of nitrogen functional groups attached to an aromatic ring is 1. The Bertz CT molecular complexity index is 5190. The molecule has 5 amide bonds. The van der Waals surface area contributed by atoms with Crippen molar-refractivity contribution >= 4 is 199 Å². The summed E-state index contributed by atoms with van der Waals surface area (Å²) in [7, 11) is -0.795. The summed E-state index contributed by atoms with van der Waals surface area (Å²) in [5, 5.41) is 5.19. The van der Waals surface area contributed by atoms with Crippen molar-refractivity contribution in [2.45, 2.75) is 230 Å². The Balaban J connectivity index is 0.000000192. The van der Waals surface area contributed by atoms with Crippen LogP contribution in [-0.2, 0) is 91.5 Å². The maximum absolute atomic E-state index is 12.4. The molecular weight excluding hydrogens is 2730 g/mol. The van der Waals surface area contributed by atoms with Crippen LogP contribution in [0.4, 0.5) is 15.3 Å². The van der Waals surface area contributed by atoms with Crippen molar-refractivity contribution < 1.29 is 46.7 Å². The minimum atomic E-state index is -0.522. The van der Waals surface area contributed by atoms with Crippen molar-refractivity contribution in [2.75, 3.05) is 45.0 Å². The monoisotopic (exact) mass is 2840 g/mol. The van der Waals surface area contributed by atoms with Crippen LogP contribution in [-0.4, -0.2) is 135 Å². The van der Waals surface area contributed by atoms with Gasteiger partial charge in [0.1, 0.15) is 22.9 Å². The molecule has 6 fully saturated rings. The van der Waals surface area contributed by atoms with E-state index >= 15 is 0 Å². The van der Waals surface area contributed by atoms with Gasteiger partial charge in [-0.2, -0.15) is 0 Å². The molecule has 3 aliphatic carbocycles. The number of anilines is 1. The summed E-state index contributed by atoms with van der Waals surface area (Å²) in [4.78, 5) is 104. The molecule has 9 heterocycles. The van der Waals surface area contributed by atoms with Gasteiger partial charge in [-0.3, -0.25) is 29.3 Å². The van der Waals surface area contributed by atoms with E-state index in [2.05, 4.69) is 160 Å². The van der Waals surface area contributed by atoms with Gasteiger partial charge < -0.3 is 47.5 Å². The summed E-state index contributed by atoms with van der Waals surface area (Å²) in [6.07, 6.45) is 25.9. The molecule has 9 N–H and O–H groups in total. The number of amides is 5. The van der Waals surface area contributed by atoms with E-state index in [0.717, 1.165) is 176 Å². The van der Waals surface area contributed by atoms with Crippen molar-refractivity contribution in [3.05, 3.63) is 257 Å². The van der Waals surface area contributed by atoms with E-state index < -0.39 is 27.4 Å². The minimum absolute atomic E-state index is 0. The second-order valence-corrected chi connectivity index (χ2v) is 198. The molecule has 6 aromatic heterocycles. The van der Waals surface area contributed by atoms with Crippen LogP contribution in [0.25, 0.3) is 0 Å². The number of piperidine rings is 3. The van der Waals surface area contributed by atoms with Crippen LogP contribution in [0.2, 0.25) is 20.4 Å². The largest absolute Gasteiger partial charge is 0.369 e. The number of aryl methyl sites for hydroxylation is 6. The number of benzene rings is 3. The van der Waals surface area contributed by atoms with Crippen LogP contribution in [0.3, 0.4) is 0 Å². The number of hydrogen-bond donors (Lipinski definition) is 5. The summed E-state index contributed by atoms with van der Waals surface area (Å²) in [5.74, 6) is 1.94. The molecule has 6 aliphatic rings. The molecule has 3 saturated heterocycles.